The Kier molecular flexibility index (Phi) is 4.32. The number of anilines is 1. The largest absolute Gasteiger partial charge is 0.398 e. The summed E-state index contributed by atoms with van der Waals surface area (Å²) in [4.78, 5) is 16.4. The van der Waals surface area contributed by atoms with E-state index in [0.717, 1.165) is 26.1 Å². The van der Waals surface area contributed by atoms with Gasteiger partial charge in [0, 0.05) is 30.8 Å². The highest BCUT2D eigenvalue weighted by Gasteiger charge is 2.23. The second-order valence-corrected chi connectivity index (χ2v) is 5.77. The maximum atomic E-state index is 12.4. The third-order valence-electron chi connectivity index (χ3n) is 3.61. The summed E-state index contributed by atoms with van der Waals surface area (Å²) in [6.45, 7) is 2.91. The van der Waals surface area contributed by atoms with Gasteiger partial charge in [-0.1, -0.05) is 11.6 Å². The standard InChI is InChI=1S/C14H20ClN3O/c1-17-6-5-10(8-17)9-18(2)14(19)12-7-11(15)3-4-13(12)16/h3-4,7,10H,5-6,8-9,16H2,1-2H3. The van der Waals surface area contributed by atoms with Gasteiger partial charge in [-0.15, -0.1) is 0 Å². The molecule has 0 bridgehead atoms. The normalized spacial score (nSPS) is 19.6. The van der Waals surface area contributed by atoms with Crippen molar-refractivity contribution >= 4 is 23.2 Å². The number of hydrogen-bond donors (Lipinski definition) is 1. The molecule has 1 fully saturated rings. The molecule has 4 nitrogen and oxygen atoms in total. The van der Waals surface area contributed by atoms with Crippen LogP contribution in [0.5, 0.6) is 0 Å². The van der Waals surface area contributed by atoms with Gasteiger partial charge in [0.25, 0.3) is 5.91 Å². The molecule has 1 amide bonds. The van der Waals surface area contributed by atoms with Gasteiger partial charge in [-0.05, 0) is 44.1 Å². The van der Waals surface area contributed by atoms with Crippen LogP contribution in [0.2, 0.25) is 5.02 Å². The van der Waals surface area contributed by atoms with E-state index in [1.165, 1.54) is 0 Å². The van der Waals surface area contributed by atoms with Crippen LogP contribution in [0.3, 0.4) is 0 Å². The van der Waals surface area contributed by atoms with Gasteiger partial charge >= 0.3 is 0 Å². The molecule has 0 aromatic heterocycles. The zero-order chi connectivity index (χ0) is 14.0. The summed E-state index contributed by atoms with van der Waals surface area (Å²) < 4.78 is 0. The Morgan fingerprint density at radius 2 is 2.32 bits per heavy atom. The van der Waals surface area contributed by atoms with Gasteiger partial charge in [0.1, 0.15) is 0 Å². The number of benzene rings is 1. The van der Waals surface area contributed by atoms with Gasteiger partial charge in [-0.3, -0.25) is 4.79 Å². The molecule has 0 aliphatic carbocycles. The second kappa shape index (κ2) is 5.80. The van der Waals surface area contributed by atoms with E-state index in [9.17, 15) is 4.79 Å². The molecular weight excluding hydrogens is 262 g/mol. The Morgan fingerprint density at radius 1 is 1.58 bits per heavy atom. The Morgan fingerprint density at radius 3 is 2.95 bits per heavy atom. The number of nitrogen functional groups attached to an aromatic ring is 1. The van der Waals surface area contributed by atoms with Crippen LogP contribution < -0.4 is 5.73 Å². The molecule has 5 heteroatoms. The van der Waals surface area contributed by atoms with Crippen molar-refractivity contribution in [2.45, 2.75) is 6.42 Å². The predicted octanol–water partition coefficient (Wildman–Crippen LogP) is 1.95. The summed E-state index contributed by atoms with van der Waals surface area (Å²) in [6.07, 6.45) is 1.14. The first kappa shape index (κ1) is 14.2. The molecule has 1 unspecified atom stereocenters. The van der Waals surface area contributed by atoms with Crippen LogP contribution >= 0.6 is 11.6 Å². The summed E-state index contributed by atoms with van der Waals surface area (Å²) in [5, 5.41) is 0.534. The maximum Gasteiger partial charge on any atom is 0.255 e. The van der Waals surface area contributed by atoms with Crippen molar-refractivity contribution in [3.8, 4) is 0 Å². The molecular formula is C14H20ClN3O. The number of hydrogen-bond acceptors (Lipinski definition) is 3. The Labute approximate surface area is 119 Å². The summed E-state index contributed by atoms with van der Waals surface area (Å²) in [6, 6.07) is 5.00. The smallest absolute Gasteiger partial charge is 0.255 e. The third-order valence-corrected chi connectivity index (χ3v) is 3.85. The molecule has 1 saturated heterocycles. The molecule has 0 saturated carbocycles. The van der Waals surface area contributed by atoms with Crippen molar-refractivity contribution in [2.75, 3.05) is 39.5 Å². The van der Waals surface area contributed by atoms with E-state index < -0.39 is 0 Å². The van der Waals surface area contributed by atoms with Crippen LogP contribution in [0.25, 0.3) is 0 Å². The minimum atomic E-state index is -0.0606. The Balaban J connectivity index is 2.04. The molecule has 1 aromatic rings. The number of nitrogens with zero attached hydrogens (tertiary/aromatic N) is 2. The number of rotatable bonds is 3. The molecule has 0 spiro atoms. The first-order valence-corrected chi connectivity index (χ1v) is 6.84. The molecule has 0 radical (unpaired) electrons. The van der Waals surface area contributed by atoms with Gasteiger partial charge in [-0.2, -0.15) is 0 Å². The highest BCUT2D eigenvalue weighted by Crippen LogP contribution is 2.21. The monoisotopic (exact) mass is 281 g/mol. The zero-order valence-electron chi connectivity index (χ0n) is 11.4. The molecule has 1 atom stereocenters. The van der Waals surface area contributed by atoms with Gasteiger partial charge in [0.05, 0.1) is 5.56 Å². The van der Waals surface area contributed by atoms with Crippen LogP contribution in [0.15, 0.2) is 18.2 Å². The van der Waals surface area contributed by atoms with Crippen LogP contribution in [0.1, 0.15) is 16.8 Å². The van der Waals surface area contributed by atoms with E-state index in [0.29, 0.717) is 22.2 Å². The van der Waals surface area contributed by atoms with Crippen molar-refractivity contribution in [3.63, 3.8) is 0 Å². The first-order valence-electron chi connectivity index (χ1n) is 6.46. The molecule has 19 heavy (non-hydrogen) atoms. The van der Waals surface area contributed by atoms with Crippen LogP contribution in [0, 0.1) is 5.92 Å². The van der Waals surface area contributed by atoms with Crippen molar-refractivity contribution < 1.29 is 4.79 Å². The summed E-state index contributed by atoms with van der Waals surface area (Å²) in [5.74, 6) is 0.480. The van der Waals surface area contributed by atoms with Gasteiger partial charge < -0.3 is 15.5 Å². The molecule has 1 aromatic carbocycles. The van der Waals surface area contributed by atoms with Crippen molar-refractivity contribution in [3.05, 3.63) is 28.8 Å². The highest BCUT2D eigenvalue weighted by atomic mass is 35.5. The van der Waals surface area contributed by atoms with Gasteiger partial charge in [-0.25, -0.2) is 0 Å². The van der Waals surface area contributed by atoms with Crippen LogP contribution in [-0.2, 0) is 0 Å². The lowest BCUT2D eigenvalue weighted by atomic mass is 10.1. The second-order valence-electron chi connectivity index (χ2n) is 5.33. The minimum absolute atomic E-state index is 0.0606. The molecule has 1 heterocycles. The van der Waals surface area contributed by atoms with Gasteiger partial charge in [0.15, 0.2) is 0 Å². The van der Waals surface area contributed by atoms with Crippen LogP contribution in [0.4, 0.5) is 5.69 Å². The van der Waals surface area contributed by atoms with Crippen molar-refractivity contribution in [1.82, 2.24) is 9.80 Å². The highest BCUT2D eigenvalue weighted by molar-refractivity contribution is 6.31. The lowest BCUT2D eigenvalue weighted by Gasteiger charge is -2.22. The van der Waals surface area contributed by atoms with E-state index >= 15 is 0 Å². The zero-order valence-corrected chi connectivity index (χ0v) is 12.2. The molecule has 2 rings (SSSR count). The predicted molar refractivity (Wildman–Crippen MR) is 78.4 cm³/mol. The van der Waals surface area contributed by atoms with Gasteiger partial charge in [0.2, 0.25) is 0 Å². The van der Waals surface area contributed by atoms with E-state index in [1.807, 2.05) is 7.05 Å². The molecule has 2 N–H and O–H groups in total. The summed E-state index contributed by atoms with van der Waals surface area (Å²) >= 11 is 5.92. The average molecular weight is 282 g/mol. The fourth-order valence-corrected chi connectivity index (χ4v) is 2.74. The topological polar surface area (TPSA) is 49.6 Å². The Hall–Kier alpha value is -1.26. The van der Waals surface area contributed by atoms with Crippen molar-refractivity contribution in [1.29, 1.82) is 0 Å². The maximum absolute atomic E-state index is 12.4. The lowest BCUT2D eigenvalue weighted by Crippen LogP contribution is -2.33. The fourth-order valence-electron chi connectivity index (χ4n) is 2.56. The molecule has 104 valence electrons. The van der Waals surface area contributed by atoms with Crippen LogP contribution in [-0.4, -0.2) is 49.4 Å². The summed E-state index contributed by atoms with van der Waals surface area (Å²) in [7, 11) is 3.93. The van der Waals surface area contributed by atoms with E-state index in [4.69, 9.17) is 17.3 Å². The number of carbonyl (C=O) groups is 1. The van der Waals surface area contributed by atoms with Crippen molar-refractivity contribution in [2.24, 2.45) is 5.92 Å². The first-order chi connectivity index (χ1) is 8.97. The SMILES string of the molecule is CN1CCC(CN(C)C(=O)c2cc(Cl)ccc2N)C1. The number of amides is 1. The molecule has 1 aliphatic heterocycles. The van der Waals surface area contributed by atoms with E-state index in [2.05, 4.69) is 11.9 Å². The van der Waals surface area contributed by atoms with E-state index in [1.54, 1.807) is 23.1 Å². The lowest BCUT2D eigenvalue weighted by molar-refractivity contribution is 0.0775. The fraction of sp³-hybridized carbons (Fsp3) is 0.500. The number of nitrogens with two attached hydrogens (primary N) is 1. The Bertz CT molecular complexity index is 478. The number of halogens is 1. The average Bonchev–Trinajstić information content (AvgIpc) is 2.77. The van der Waals surface area contributed by atoms with E-state index in [-0.39, 0.29) is 5.91 Å². The molecule has 1 aliphatic rings. The number of likely N-dealkylation sites (tertiary alicyclic amines) is 1. The number of carbonyl (C=O) groups excluding carboxylic acids is 1. The third kappa shape index (κ3) is 3.39. The quantitative estimate of drug-likeness (QED) is 0.862. The minimum Gasteiger partial charge on any atom is -0.398 e. The summed E-state index contributed by atoms with van der Waals surface area (Å²) in [5.41, 5.74) is 6.81.